The van der Waals surface area contributed by atoms with E-state index < -0.39 is 5.91 Å². The summed E-state index contributed by atoms with van der Waals surface area (Å²) in [5.41, 5.74) is 0.369. The van der Waals surface area contributed by atoms with Crippen LogP contribution in [0, 0.1) is 0 Å². The smallest absolute Gasteiger partial charge is 0.287 e. The van der Waals surface area contributed by atoms with Crippen LogP contribution in [0.15, 0.2) is 37.5 Å². The summed E-state index contributed by atoms with van der Waals surface area (Å²) in [5.74, 6) is -0.324. The third-order valence-corrected chi connectivity index (χ3v) is 4.70. The number of nitrogens with zero attached hydrogens (tertiary/aromatic N) is 2. The van der Waals surface area contributed by atoms with Gasteiger partial charge >= 0.3 is 0 Å². The Balaban J connectivity index is 1.60. The van der Waals surface area contributed by atoms with Gasteiger partial charge in [0.05, 0.1) is 18.6 Å². The van der Waals surface area contributed by atoms with Crippen LogP contribution in [0.4, 0.5) is 0 Å². The van der Waals surface area contributed by atoms with Gasteiger partial charge in [0, 0.05) is 7.05 Å². The number of likely N-dealkylation sites (N-methyl/N-ethyl adjacent to an activating group) is 1. The molecule has 8 nitrogen and oxygen atoms in total. The summed E-state index contributed by atoms with van der Waals surface area (Å²) in [6.07, 6.45) is 0. The molecule has 0 saturated heterocycles. The largest absolute Gasteiger partial charge is 0.444 e. The quantitative estimate of drug-likeness (QED) is 0.648. The number of hydrogen-bond donors (Lipinski definition) is 2. The van der Waals surface area contributed by atoms with Gasteiger partial charge in [-0.15, -0.1) is 11.3 Å². The summed E-state index contributed by atoms with van der Waals surface area (Å²) in [5, 5.41) is 4.27. The molecule has 0 bridgehead atoms. The van der Waals surface area contributed by atoms with Crippen molar-refractivity contribution in [2.75, 3.05) is 13.6 Å². The fourth-order valence-corrected chi connectivity index (χ4v) is 3.16. The third-order valence-electron chi connectivity index (χ3n) is 3.37. The highest BCUT2D eigenvalue weighted by Gasteiger charge is 2.15. The number of nitrogens with one attached hydrogen (secondary N) is 2. The average Bonchev–Trinajstić information content (AvgIpc) is 3.21. The van der Waals surface area contributed by atoms with Gasteiger partial charge in [-0.1, -0.05) is 0 Å². The normalized spacial score (nSPS) is 10.8. The van der Waals surface area contributed by atoms with Crippen LogP contribution in [0.3, 0.4) is 0 Å². The van der Waals surface area contributed by atoms with Crippen LogP contribution in [0.5, 0.6) is 0 Å². The van der Waals surface area contributed by atoms with Crippen LogP contribution in [-0.4, -0.2) is 40.3 Å². The molecule has 2 N–H and O–H groups in total. The zero-order chi connectivity index (χ0) is 18.0. The minimum absolute atomic E-state index is 0.108. The van der Waals surface area contributed by atoms with E-state index in [1.807, 2.05) is 0 Å². The maximum Gasteiger partial charge on any atom is 0.287 e. The number of carbonyl (C=O) groups is 2. The van der Waals surface area contributed by atoms with Gasteiger partial charge in [0.2, 0.25) is 5.91 Å². The van der Waals surface area contributed by atoms with Crippen molar-refractivity contribution >= 4 is 49.3 Å². The molecule has 0 spiro atoms. The van der Waals surface area contributed by atoms with Crippen molar-refractivity contribution in [3.05, 3.63) is 50.2 Å². The van der Waals surface area contributed by atoms with Gasteiger partial charge in [-0.05, 0) is 39.5 Å². The van der Waals surface area contributed by atoms with Gasteiger partial charge in [0.1, 0.15) is 10.5 Å². The second-order valence-electron chi connectivity index (χ2n) is 5.18. The Morgan fingerprint density at radius 2 is 2.20 bits per heavy atom. The monoisotopic (exact) mass is 424 g/mol. The van der Waals surface area contributed by atoms with E-state index in [-0.39, 0.29) is 30.3 Å². The summed E-state index contributed by atoms with van der Waals surface area (Å²) < 4.78 is 6.09. The standard InChI is InChI=1S/C15H13BrN4O4S/c1-20(7-11-18-8-4-5-25-13(8)15(23)19-11)12(21)6-17-14(22)9-2-3-10(16)24-9/h2-5H,6-7H2,1H3,(H,17,22)(H,18,19,23). The minimum Gasteiger partial charge on any atom is -0.444 e. The number of furan rings is 1. The van der Waals surface area contributed by atoms with Gasteiger partial charge in [0.15, 0.2) is 10.4 Å². The van der Waals surface area contributed by atoms with Crippen molar-refractivity contribution in [2.45, 2.75) is 6.54 Å². The zero-order valence-corrected chi connectivity index (χ0v) is 15.4. The number of aromatic amines is 1. The molecule has 25 heavy (non-hydrogen) atoms. The van der Waals surface area contributed by atoms with E-state index in [0.29, 0.717) is 20.7 Å². The molecule has 3 heterocycles. The van der Waals surface area contributed by atoms with E-state index >= 15 is 0 Å². The number of hydrogen-bond acceptors (Lipinski definition) is 6. The van der Waals surface area contributed by atoms with Crippen LogP contribution in [0.2, 0.25) is 0 Å². The third kappa shape index (κ3) is 3.97. The number of amides is 2. The number of H-pyrrole nitrogens is 1. The maximum absolute atomic E-state index is 12.1. The second kappa shape index (κ2) is 7.19. The maximum atomic E-state index is 12.1. The lowest BCUT2D eigenvalue weighted by Gasteiger charge is -2.16. The lowest BCUT2D eigenvalue weighted by atomic mass is 10.4. The lowest BCUT2D eigenvalue weighted by Crippen LogP contribution is -2.38. The van der Waals surface area contributed by atoms with E-state index in [0.717, 1.165) is 0 Å². The summed E-state index contributed by atoms with van der Waals surface area (Å²) in [6, 6.07) is 4.84. The van der Waals surface area contributed by atoms with Crippen molar-refractivity contribution in [2.24, 2.45) is 0 Å². The fraction of sp³-hybridized carbons (Fsp3) is 0.200. The van der Waals surface area contributed by atoms with Crippen LogP contribution in [-0.2, 0) is 11.3 Å². The minimum atomic E-state index is -0.487. The molecule has 0 radical (unpaired) electrons. The highest BCUT2D eigenvalue weighted by Crippen LogP contribution is 2.14. The Labute approximate surface area is 154 Å². The van der Waals surface area contributed by atoms with E-state index in [1.54, 1.807) is 24.6 Å². The zero-order valence-electron chi connectivity index (χ0n) is 13.0. The predicted molar refractivity (Wildman–Crippen MR) is 95.5 cm³/mol. The first-order valence-electron chi connectivity index (χ1n) is 7.18. The molecular formula is C15H13BrN4O4S. The predicted octanol–water partition coefficient (Wildman–Crippen LogP) is 1.73. The van der Waals surface area contributed by atoms with Gasteiger partial charge < -0.3 is 19.6 Å². The van der Waals surface area contributed by atoms with Crippen LogP contribution in [0.25, 0.3) is 10.2 Å². The fourth-order valence-electron chi connectivity index (χ4n) is 2.12. The molecule has 0 saturated carbocycles. The molecular weight excluding hydrogens is 412 g/mol. The molecule has 0 aliphatic carbocycles. The van der Waals surface area contributed by atoms with Crippen LogP contribution >= 0.6 is 27.3 Å². The average molecular weight is 425 g/mol. The highest BCUT2D eigenvalue weighted by molar-refractivity contribution is 9.10. The topological polar surface area (TPSA) is 108 Å². The van der Waals surface area contributed by atoms with Gasteiger partial charge in [-0.25, -0.2) is 4.98 Å². The SMILES string of the molecule is CN(Cc1nc2ccsc2c(=O)[nH]1)C(=O)CNC(=O)c1ccc(Br)o1. The first-order valence-corrected chi connectivity index (χ1v) is 8.85. The van der Waals surface area contributed by atoms with E-state index in [2.05, 4.69) is 31.2 Å². The number of aromatic nitrogens is 2. The Kier molecular flexibility index (Phi) is 5.00. The summed E-state index contributed by atoms with van der Waals surface area (Å²) in [6.45, 7) is -0.0688. The Morgan fingerprint density at radius 3 is 2.92 bits per heavy atom. The molecule has 3 aromatic rings. The lowest BCUT2D eigenvalue weighted by molar-refractivity contribution is -0.129. The first-order chi connectivity index (χ1) is 11.9. The van der Waals surface area contributed by atoms with Crippen molar-refractivity contribution in [3.8, 4) is 0 Å². The van der Waals surface area contributed by atoms with E-state index in [9.17, 15) is 14.4 Å². The molecule has 3 aromatic heterocycles. The summed E-state index contributed by atoms with van der Waals surface area (Å²) >= 11 is 4.42. The number of halogens is 1. The van der Waals surface area contributed by atoms with Crippen LogP contribution in [0.1, 0.15) is 16.4 Å². The van der Waals surface area contributed by atoms with Crippen molar-refractivity contribution in [1.29, 1.82) is 0 Å². The van der Waals surface area contributed by atoms with Crippen LogP contribution < -0.4 is 10.9 Å². The Bertz CT molecular complexity index is 993. The van der Waals surface area contributed by atoms with E-state index in [1.165, 1.54) is 22.3 Å². The molecule has 0 aliphatic heterocycles. The molecule has 2 amide bonds. The number of carbonyl (C=O) groups excluding carboxylic acids is 2. The first kappa shape index (κ1) is 17.4. The van der Waals surface area contributed by atoms with Crippen molar-refractivity contribution in [3.63, 3.8) is 0 Å². The molecule has 0 aromatic carbocycles. The molecule has 3 rings (SSSR count). The second-order valence-corrected chi connectivity index (χ2v) is 6.88. The van der Waals surface area contributed by atoms with Crippen molar-refractivity contribution in [1.82, 2.24) is 20.2 Å². The van der Waals surface area contributed by atoms with Gasteiger partial charge in [-0.2, -0.15) is 0 Å². The van der Waals surface area contributed by atoms with Gasteiger partial charge in [0.25, 0.3) is 11.5 Å². The number of thiophene rings is 1. The van der Waals surface area contributed by atoms with E-state index in [4.69, 9.17) is 4.42 Å². The molecule has 10 heteroatoms. The molecule has 0 aliphatic rings. The molecule has 130 valence electrons. The molecule has 0 fully saturated rings. The molecule has 0 atom stereocenters. The molecule has 0 unspecified atom stereocenters. The highest BCUT2D eigenvalue weighted by atomic mass is 79.9. The summed E-state index contributed by atoms with van der Waals surface area (Å²) in [4.78, 5) is 44.3. The van der Waals surface area contributed by atoms with Crippen molar-refractivity contribution < 1.29 is 14.0 Å². The number of fused-ring (bicyclic) bond motifs is 1. The summed E-state index contributed by atoms with van der Waals surface area (Å²) in [7, 11) is 1.57. The Hall–Kier alpha value is -2.46. The number of rotatable bonds is 5. The Morgan fingerprint density at radius 1 is 1.40 bits per heavy atom. The van der Waals surface area contributed by atoms with Gasteiger partial charge in [-0.3, -0.25) is 14.4 Å².